The van der Waals surface area contributed by atoms with E-state index in [9.17, 15) is 0 Å². The van der Waals surface area contributed by atoms with Gasteiger partial charge in [-0.3, -0.25) is 0 Å². The van der Waals surface area contributed by atoms with Gasteiger partial charge >= 0.3 is 0 Å². The molecule has 0 aliphatic heterocycles. The van der Waals surface area contributed by atoms with E-state index in [1.165, 1.54) is 0 Å². The molecule has 5 nitrogen and oxygen atoms in total. The summed E-state index contributed by atoms with van der Waals surface area (Å²) in [6, 6.07) is 3.32. The van der Waals surface area contributed by atoms with Crippen LogP contribution in [0.4, 0.5) is 11.5 Å². The molecule has 0 spiro atoms. The molecule has 0 atom stereocenters. The number of aromatic nitrogens is 1. The van der Waals surface area contributed by atoms with Gasteiger partial charge in [0, 0.05) is 25.4 Å². The number of hydrogen-bond donors (Lipinski definition) is 2. The van der Waals surface area contributed by atoms with Crippen LogP contribution in [-0.2, 0) is 9.47 Å². The lowest BCUT2D eigenvalue weighted by Gasteiger charge is -2.07. The average Bonchev–Trinajstić information content (AvgIpc) is 2.22. The first-order valence-corrected chi connectivity index (χ1v) is 5.34. The third-order valence-corrected chi connectivity index (χ3v) is 1.99. The van der Waals surface area contributed by atoms with E-state index >= 15 is 0 Å². The molecule has 16 heavy (non-hydrogen) atoms. The number of nitrogen functional groups attached to an aromatic ring is 1. The largest absolute Gasteiger partial charge is 0.399 e. The summed E-state index contributed by atoms with van der Waals surface area (Å²) in [6.07, 6.45) is 0. The van der Waals surface area contributed by atoms with Gasteiger partial charge in [-0.05, 0) is 6.07 Å². The fraction of sp³-hybridized carbons (Fsp3) is 0.500. The smallest absolute Gasteiger partial charge is 0.133 e. The number of nitrogens with zero attached hydrogens (tertiary/aromatic N) is 1. The molecule has 1 heterocycles. The van der Waals surface area contributed by atoms with E-state index in [0.717, 1.165) is 0 Å². The highest BCUT2D eigenvalue weighted by Gasteiger charge is 1.98. The summed E-state index contributed by atoms with van der Waals surface area (Å²) >= 11 is 5.75. The zero-order valence-corrected chi connectivity index (χ0v) is 9.96. The van der Waals surface area contributed by atoms with Crippen LogP contribution in [-0.4, -0.2) is 38.5 Å². The van der Waals surface area contributed by atoms with Gasteiger partial charge in [-0.15, -0.1) is 0 Å². The predicted octanol–water partition coefficient (Wildman–Crippen LogP) is 1.39. The molecule has 1 aromatic rings. The number of hydrogen-bond acceptors (Lipinski definition) is 5. The maximum absolute atomic E-state index is 5.75. The second-order valence-corrected chi connectivity index (χ2v) is 3.53. The van der Waals surface area contributed by atoms with E-state index in [1.54, 1.807) is 19.2 Å². The Morgan fingerprint density at radius 2 is 2.19 bits per heavy atom. The Balaban J connectivity index is 2.21. The summed E-state index contributed by atoms with van der Waals surface area (Å²) in [4.78, 5) is 4.06. The number of nitrogens with one attached hydrogen (secondary N) is 1. The van der Waals surface area contributed by atoms with Crippen molar-refractivity contribution >= 4 is 23.1 Å². The van der Waals surface area contributed by atoms with Crippen molar-refractivity contribution in [2.45, 2.75) is 0 Å². The summed E-state index contributed by atoms with van der Waals surface area (Å²) in [7, 11) is 1.64. The van der Waals surface area contributed by atoms with Gasteiger partial charge in [-0.2, -0.15) is 0 Å². The lowest BCUT2D eigenvalue weighted by atomic mass is 10.4. The zero-order valence-electron chi connectivity index (χ0n) is 9.20. The minimum Gasteiger partial charge on any atom is -0.399 e. The van der Waals surface area contributed by atoms with Crippen molar-refractivity contribution in [2.24, 2.45) is 0 Å². The lowest BCUT2D eigenvalue weighted by molar-refractivity contribution is 0.0759. The van der Waals surface area contributed by atoms with Gasteiger partial charge in [-0.25, -0.2) is 4.98 Å². The summed E-state index contributed by atoms with van der Waals surface area (Å²) in [5.74, 6) is 0.653. The summed E-state index contributed by atoms with van der Waals surface area (Å²) < 4.78 is 10.1. The van der Waals surface area contributed by atoms with E-state index in [4.69, 9.17) is 26.8 Å². The van der Waals surface area contributed by atoms with Crippen LogP contribution in [0.1, 0.15) is 0 Å². The monoisotopic (exact) mass is 245 g/mol. The standard InChI is InChI=1S/C10H16ClN3O2/c1-15-4-5-16-3-2-13-10-7-8(12)6-9(11)14-10/h6-7H,2-5H2,1H3,(H3,12,13,14). The first-order valence-electron chi connectivity index (χ1n) is 4.96. The number of nitrogens with two attached hydrogens (primary N) is 1. The molecule has 0 aromatic carbocycles. The highest BCUT2D eigenvalue weighted by atomic mass is 35.5. The third-order valence-electron chi connectivity index (χ3n) is 1.80. The second kappa shape index (κ2) is 7.27. The first-order chi connectivity index (χ1) is 7.72. The number of ether oxygens (including phenoxy) is 2. The van der Waals surface area contributed by atoms with Crippen molar-refractivity contribution < 1.29 is 9.47 Å². The number of methoxy groups -OCH3 is 1. The fourth-order valence-corrected chi connectivity index (χ4v) is 1.32. The maximum Gasteiger partial charge on any atom is 0.133 e. The fourth-order valence-electron chi connectivity index (χ4n) is 1.10. The number of rotatable bonds is 7. The molecular formula is C10H16ClN3O2. The van der Waals surface area contributed by atoms with Crippen molar-refractivity contribution in [1.29, 1.82) is 0 Å². The van der Waals surface area contributed by atoms with E-state index in [2.05, 4.69) is 10.3 Å². The second-order valence-electron chi connectivity index (χ2n) is 3.14. The van der Waals surface area contributed by atoms with Crippen LogP contribution in [0.5, 0.6) is 0 Å². The first kappa shape index (κ1) is 13.0. The quantitative estimate of drug-likeness (QED) is 0.561. The topological polar surface area (TPSA) is 69.4 Å². The molecule has 0 unspecified atom stereocenters. The highest BCUT2D eigenvalue weighted by Crippen LogP contribution is 2.15. The van der Waals surface area contributed by atoms with Crippen molar-refractivity contribution in [2.75, 3.05) is 44.5 Å². The van der Waals surface area contributed by atoms with Crippen LogP contribution in [0, 0.1) is 0 Å². The van der Waals surface area contributed by atoms with Crippen LogP contribution < -0.4 is 11.1 Å². The molecule has 0 saturated heterocycles. The van der Waals surface area contributed by atoms with Gasteiger partial charge in [0.15, 0.2) is 0 Å². The van der Waals surface area contributed by atoms with Crippen LogP contribution in [0.25, 0.3) is 0 Å². The Bertz CT molecular complexity index is 303. The number of pyridine rings is 1. The maximum atomic E-state index is 5.75. The Morgan fingerprint density at radius 1 is 1.38 bits per heavy atom. The van der Waals surface area contributed by atoms with Gasteiger partial charge in [0.1, 0.15) is 11.0 Å². The zero-order chi connectivity index (χ0) is 11.8. The number of anilines is 2. The van der Waals surface area contributed by atoms with Crippen molar-refractivity contribution in [3.05, 3.63) is 17.3 Å². The Morgan fingerprint density at radius 3 is 2.88 bits per heavy atom. The third kappa shape index (κ3) is 5.16. The van der Waals surface area contributed by atoms with Crippen LogP contribution in [0.2, 0.25) is 5.15 Å². The highest BCUT2D eigenvalue weighted by molar-refractivity contribution is 6.29. The van der Waals surface area contributed by atoms with E-state index < -0.39 is 0 Å². The van der Waals surface area contributed by atoms with Crippen molar-refractivity contribution in [1.82, 2.24) is 4.98 Å². The Kier molecular flexibility index (Phi) is 5.92. The van der Waals surface area contributed by atoms with Crippen LogP contribution in [0.3, 0.4) is 0 Å². The SMILES string of the molecule is COCCOCCNc1cc(N)cc(Cl)n1. The molecule has 0 bridgehead atoms. The lowest BCUT2D eigenvalue weighted by Crippen LogP contribution is -2.12. The molecule has 0 fully saturated rings. The minimum absolute atomic E-state index is 0.378. The predicted molar refractivity (Wildman–Crippen MR) is 64.8 cm³/mol. The molecule has 3 N–H and O–H groups in total. The van der Waals surface area contributed by atoms with Crippen LogP contribution in [0.15, 0.2) is 12.1 Å². The summed E-state index contributed by atoms with van der Waals surface area (Å²) in [5.41, 5.74) is 6.20. The van der Waals surface area contributed by atoms with Gasteiger partial charge in [-0.1, -0.05) is 11.6 Å². The van der Waals surface area contributed by atoms with E-state index in [-0.39, 0.29) is 0 Å². The minimum atomic E-state index is 0.378. The normalized spacial score (nSPS) is 10.4. The van der Waals surface area contributed by atoms with Gasteiger partial charge in [0.05, 0.1) is 19.8 Å². The molecular weight excluding hydrogens is 230 g/mol. The molecule has 0 aliphatic carbocycles. The average molecular weight is 246 g/mol. The molecule has 0 aliphatic rings. The molecule has 0 saturated carbocycles. The molecule has 90 valence electrons. The Labute approximate surface area is 99.9 Å². The molecule has 1 rings (SSSR count). The Hall–Kier alpha value is -1.04. The van der Waals surface area contributed by atoms with Crippen molar-refractivity contribution in [3.63, 3.8) is 0 Å². The van der Waals surface area contributed by atoms with Crippen LogP contribution >= 0.6 is 11.6 Å². The molecule has 0 amide bonds. The summed E-state index contributed by atoms with van der Waals surface area (Å²) in [5, 5.41) is 3.44. The van der Waals surface area contributed by atoms with E-state index in [0.29, 0.717) is 43.0 Å². The van der Waals surface area contributed by atoms with Gasteiger partial charge in [0.25, 0.3) is 0 Å². The van der Waals surface area contributed by atoms with Gasteiger partial charge in [0.2, 0.25) is 0 Å². The van der Waals surface area contributed by atoms with Gasteiger partial charge < -0.3 is 20.5 Å². The summed E-state index contributed by atoms with van der Waals surface area (Å²) in [6.45, 7) is 2.42. The molecule has 1 aromatic heterocycles. The van der Waals surface area contributed by atoms with Crippen molar-refractivity contribution in [3.8, 4) is 0 Å². The molecule has 6 heteroatoms. The van der Waals surface area contributed by atoms with E-state index in [1.807, 2.05) is 0 Å². The molecule has 0 radical (unpaired) electrons. The number of halogens is 1.